The zero-order valence-electron chi connectivity index (χ0n) is 16.6. The molecule has 1 amide bonds. The van der Waals surface area contributed by atoms with E-state index >= 15 is 0 Å². The molecule has 1 aromatic carbocycles. The van der Waals surface area contributed by atoms with E-state index in [9.17, 15) is 4.79 Å². The van der Waals surface area contributed by atoms with Gasteiger partial charge in [0.05, 0.1) is 42.5 Å². The number of likely N-dealkylation sites (tertiary alicyclic amines) is 1. The first-order chi connectivity index (χ1) is 14.1. The van der Waals surface area contributed by atoms with Gasteiger partial charge in [-0.05, 0) is 62.6 Å². The Labute approximate surface area is 176 Å². The van der Waals surface area contributed by atoms with Crippen molar-refractivity contribution in [3.05, 3.63) is 59.4 Å². The summed E-state index contributed by atoms with van der Waals surface area (Å²) in [6.45, 7) is 5.42. The van der Waals surface area contributed by atoms with E-state index in [2.05, 4.69) is 17.2 Å². The number of piperidine rings is 1. The molecule has 0 bridgehead atoms. The van der Waals surface area contributed by atoms with Crippen molar-refractivity contribution in [1.82, 2.24) is 15.3 Å². The average molecular weight is 410 g/mol. The first kappa shape index (κ1) is 19.8. The van der Waals surface area contributed by atoms with Crippen LogP contribution in [0.2, 0.25) is 5.02 Å². The van der Waals surface area contributed by atoms with Crippen molar-refractivity contribution in [2.45, 2.75) is 32.2 Å². The molecule has 0 spiro atoms. The number of nitrogens with zero attached hydrogens (tertiary/aromatic N) is 2. The van der Waals surface area contributed by atoms with Crippen LogP contribution < -0.4 is 10.2 Å². The SMILES string of the molecule is C[C@@H](C[NH+]1CCCCC1)NC(=O)c1cc(-c2cccnc2)nc2ccc(Cl)cc12. The van der Waals surface area contributed by atoms with E-state index in [4.69, 9.17) is 16.6 Å². The van der Waals surface area contributed by atoms with E-state index in [1.165, 1.54) is 32.4 Å². The topological polar surface area (TPSA) is 59.3 Å². The highest BCUT2D eigenvalue weighted by Gasteiger charge is 2.20. The summed E-state index contributed by atoms with van der Waals surface area (Å²) < 4.78 is 0. The van der Waals surface area contributed by atoms with Crippen molar-refractivity contribution in [2.24, 2.45) is 0 Å². The van der Waals surface area contributed by atoms with Gasteiger partial charge in [0.15, 0.2) is 0 Å². The maximum atomic E-state index is 13.2. The molecule has 150 valence electrons. The smallest absolute Gasteiger partial charge is 0.252 e. The Morgan fingerprint density at radius 1 is 1.21 bits per heavy atom. The number of quaternary nitrogens is 1. The summed E-state index contributed by atoms with van der Waals surface area (Å²) in [7, 11) is 0. The van der Waals surface area contributed by atoms with Gasteiger partial charge in [0.1, 0.15) is 0 Å². The molecule has 1 saturated heterocycles. The second-order valence-electron chi connectivity index (χ2n) is 7.85. The maximum absolute atomic E-state index is 13.2. The van der Waals surface area contributed by atoms with Gasteiger partial charge in [-0.1, -0.05) is 11.6 Å². The molecule has 1 fully saturated rings. The summed E-state index contributed by atoms with van der Waals surface area (Å²) in [5.41, 5.74) is 2.95. The third-order valence-corrected chi connectivity index (χ3v) is 5.74. The molecular formula is C23H26ClN4O+. The van der Waals surface area contributed by atoms with Crippen LogP contribution in [0.3, 0.4) is 0 Å². The van der Waals surface area contributed by atoms with Gasteiger partial charge in [0.2, 0.25) is 0 Å². The van der Waals surface area contributed by atoms with E-state index in [0.29, 0.717) is 10.6 Å². The van der Waals surface area contributed by atoms with Crippen LogP contribution in [0.4, 0.5) is 0 Å². The molecule has 1 aliphatic rings. The Kier molecular flexibility index (Phi) is 6.07. The molecule has 1 aliphatic heterocycles. The van der Waals surface area contributed by atoms with Crippen molar-refractivity contribution in [3.8, 4) is 11.3 Å². The number of amides is 1. The Bertz CT molecular complexity index is 1000. The van der Waals surface area contributed by atoms with Gasteiger partial charge in [-0.25, -0.2) is 4.98 Å². The molecule has 0 aliphatic carbocycles. The highest BCUT2D eigenvalue weighted by atomic mass is 35.5. The number of aromatic nitrogens is 2. The van der Waals surface area contributed by atoms with Gasteiger partial charge in [-0.15, -0.1) is 0 Å². The second-order valence-corrected chi connectivity index (χ2v) is 8.28. The molecule has 0 saturated carbocycles. The molecule has 2 aromatic heterocycles. The third kappa shape index (κ3) is 4.74. The molecule has 2 N–H and O–H groups in total. The van der Waals surface area contributed by atoms with Crippen LogP contribution in [-0.4, -0.2) is 41.6 Å². The van der Waals surface area contributed by atoms with Crippen molar-refractivity contribution in [3.63, 3.8) is 0 Å². The number of benzene rings is 1. The number of fused-ring (bicyclic) bond motifs is 1. The number of nitrogens with one attached hydrogen (secondary N) is 2. The van der Waals surface area contributed by atoms with Gasteiger partial charge in [0.25, 0.3) is 5.91 Å². The molecule has 0 radical (unpaired) electrons. The molecule has 29 heavy (non-hydrogen) atoms. The van der Waals surface area contributed by atoms with Gasteiger partial charge in [-0.2, -0.15) is 0 Å². The zero-order valence-corrected chi connectivity index (χ0v) is 17.4. The fraction of sp³-hybridized carbons (Fsp3) is 0.348. The molecule has 4 rings (SSSR count). The van der Waals surface area contributed by atoms with E-state index < -0.39 is 0 Å². The Morgan fingerprint density at radius 2 is 2.03 bits per heavy atom. The Morgan fingerprint density at radius 3 is 2.79 bits per heavy atom. The van der Waals surface area contributed by atoms with E-state index in [1.54, 1.807) is 23.4 Å². The maximum Gasteiger partial charge on any atom is 0.252 e. The molecule has 0 unspecified atom stereocenters. The summed E-state index contributed by atoms with van der Waals surface area (Å²) >= 11 is 6.21. The van der Waals surface area contributed by atoms with Crippen LogP contribution in [0.5, 0.6) is 0 Å². The van der Waals surface area contributed by atoms with Gasteiger partial charge in [-0.3, -0.25) is 9.78 Å². The first-order valence-corrected chi connectivity index (χ1v) is 10.6. The lowest BCUT2D eigenvalue weighted by Gasteiger charge is -2.26. The summed E-state index contributed by atoms with van der Waals surface area (Å²) in [6, 6.07) is 11.2. The predicted molar refractivity (Wildman–Crippen MR) is 116 cm³/mol. The normalized spacial score (nSPS) is 15.9. The lowest BCUT2D eigenvalue weighted by atomic mass is 10.0. The van der Waals surface area contributed by atoms with Crippen molar-refractivity contribution in [1.29, 1.82) is 0 Å². The Balaban J connectivity index is 1.63. The lowest BCUT2D eigenvalue weighted by Crippen LogP contribution is -3.14. The van der Waals surface area contributed by atoms with Gasteiger partial charge < -0.3 is 10.2 Å². The monoisotopic (exact) mass is 409 g/mol. The zero-order chi connectivity index (χ0) is 20.2. The van der Waals surface area contributed by atoms with Crippen molar-refractivity contribution < 1.29 is 9.69 Å². The largest absolute Gasteiger partial charge is 0.344 e. The van der Waals surface area contributed by atoms with E-state index in [0.717, 1.165) is 28.7 Å². The van der Waals surface area contributed by atoms with Crippen LogP contribution >= 0.6 is 11.6 Å². The average Bonchev–Trinajstić information content (AvgIpc) is 2.74. The Hall–Kier alpha value is -2.50. The van der Waals surface area contributed by atoms with Crippen LogP contribution in [0.1, 0.15) is 36.5 Å². The first-order valence-electron chi connectivity index (χ1n) is 10.3. The number of hydrogen-bond donors (Lipinski definition) is 2. The molecule has 1 atom stereocenters. The quantitative estimate of drug-likeness (QED) is 0.680. The van der Waals surface area contributed by atoms with Crippen LogP contribution in [0.15, 0.2) is 48.8 Å². The van der Waals surface area contributed by atoms with Crippen LogP contribution in [-0.2, 0) is 0 Å². The minimum absolute atomic E-state index is 0.0892. The van der Waals surface area contributed by atoms with Crippen molar-refractivity contribution >= 4 is 28.4 Å². The van der Waals surface area contributed by atoms with Crippen molar-refractivity contribution in [2.75, 3.05) is 19.6 Å². The number of hydrogen-bond acceptors (Lipinski definition) is 3. The number of carbonyl (C=O) groups excluding carboxylic acids is 1. The highest BCUT2D eigenvalue weighted by molar-refractivity contribution is 6.31. The lowest BCUT2D eigenvalue weighted by molar-refractivity contribution is -0.905. The standard InChI is InChI=1S/C23H25ClN4O/c1-16(15-28-10-3-2-4-11-28)26-23(29)20-13-22(17-6-5-9-25-14-17)27-21-8-7-18(24)12-19(20)21/h5-9,12-14,16H,2-4,10-11,15H2,1H3,(H,26,29)/p+1/t16-/m0/s1. The van der Waals surface area contributed by atoms with Crippen LogP contribution in [0, 0.1) is 0 Å². The number of pyridine rings is 2. The van der Waals surface area contributed by atoms with E-state index in [1.807, 2.05) is 30.3 Å². The third-order valence-electron chi connectivity index (χ3n) is 5.51. The van der Waals surface area contributed by atoms with E-state index in [-0.39, 0.29) is 11.9 Å². The highest BCUT2D eigenvalue weighted by Crippen LogP contribution is 2.26. The fourth-order valence-corrected chi connectivity index (χ4v) is 4.26. The molecule has 6 heteroatoms. The minimum atomic E-state index is -0.0892. The molecule has 5 nitrogen and oxygen atoms in total. The number of rotatable bonds is 5. The second kappa shape index (κ2) is 8.89. The fourth-order valence-electron chi connectivity index (χ4n) is 4.09. The molecule has 3 heterocycles. The summed E-state index contributed by atoms with van der Waals surface area (Å²) in [6.07, 6.45) is 7.36. The summed E-state index contributed by atoms with van der Waals surface area (Å²) in [4.78, 5) is 23.7. The minimum Gasteiger partial charge on any atom is -0.344 e. The molecular weight excluding hydrogens is 384 g/mol. The number of halogens is 1. The van der Waals surface area contributed by atoms with Crippen LogP contribution in [0.25, 0.3) is 22.2 Å². The summed E-state index contributed by atoms with van der Waals surface area (Å²) in [5.74, 6) is -0.0892. The molecule has 3 aromatic rings. The summed E-state index contributed by atoms with van der Waals surface area (Å²) in [5, 5.41) is 4.54. The van der Waals surface area contributed by atoms with Gasteiger partial charge >= 0.3 is 0 Å². The van der Waals surface area contributed by atoms with Gasteiger partial charge in [0, 0.05) is 28.4 Å². The number of carbonyl (C=O) groups is 1. The predicted octanol–water partition coefficient (Wildman–Crippen LogP) is 3.14.